The van der Waals surface area contributed by atoms with Crippen LogP contribution in [0.15, 0.2) is 24.3 Å². The minimum atomic E-state index is -0.830. The molecule has 5 heteroatoms. The molecule has 0 spiro atoms. The fourth-order valence-electron chi connectivity index (χ4n) is 2.86. The quantitative estimate of drug-likeness (QED) is 0.906. The average Bonchev–Trinajstić information content (AvgIpc) is 2.51. The lowest BCUT2D eigenvalue weighted by Gasteiger charge is -2.34. The first-order valence-electron chi connectivity index (χ1n) is 8.11. The number of amides is 1. The van der Waals surface area contributed by atoms with Crippen molar-refractivity contribution >= 4 is 11.9 Å². The van der Waals surface area contributed by atoms with Gasteiger partial charge in [0.25, 0.3) is 5.91 Å². The number of piperidine rings is 1. The number of carbonyl (C=O) groups excluding carboxylic acids is 1. The minimum Gasteiger partial charge on any atom is -0.493 e. The second kappa shape index (κ2) is 7.49. The van der Waals surface area contributed by atoms with Crippen LogP contribution < -0.4 is 4.74 Å². The van der Waals surface area contributed by atoms with E-state index < -0.39 is 11.9 Å². The number of likely N-dealkylation sites (tertiary alicyclic amines) is 1. The maximum atomic E-state index is 12.7. The van der Waals surface area contributed by atoms with E-state index in [9.17, 15) is 14.7 Å². The number of rotatable bonds is 5. The van der Waals surface area contributed by atoms with Crippen LogP contribution in [-0.2, 0) is 4.79 Å². The second-order valence-corrected chi connectivity index (χ2v) is 6.82. The molecule has 1 aliphatic heterocycles. The van der Waals surface area contributed by atoms with E-state index in [1.165, 1.54) is 0 Å². The van der Waals surface area contributed by atoms with Crippen LogP contribution in [0.3, 0.4) is 0 Å². The number of carboxylic acid groups (broad SMARTS) is 1. The Kier molecular flexibility index (Phi) is 5.64. The van der Waals surface area contributed by atoms with Gasteiger partial charge in [0, 0.05) is 18.7 Å². The molecule has 0 aliphatic carbocycles. The molecule has 0 saturated carbocycles. The molecule has 0 bridgehead atoms. The summed E-state index contributed by atoms with van der Waals surface area (Å²) in [7, 11) is 0. The summed E-state index contributed by atoms with van der Waals surface area (Å²) in [6.07, 6.45) is 0.622. The predicted octanol–water partition coefficient (Wildman–Crippen LogP) is 2.90. The van der Waals surface area contributed by atoms with Crippen LogP contribution in [0.25, 0.3) is 0 Å². The van der Waals surface area contributed by atoms with Crippen molar-refractivity contribution in [2.75, 3.05) is 19.7 Å². The molecular formula is C18H25NO4. The number of aliphatic carboxylic acids is 1. The van der Waals surface area contributed by atoms with Crippen molar-refractivity contribution < 1.29 is 19.4 Å². The number of hydrogen-bond acceptors (Lipinski definition) is 3. The highest BCUT2D eigenvalue weighted by atomic mass is 16.5. The Hall–Kier alpha value is -2.04. The lowest BCUT2D eigenvalue weighted by atomic mass is 9.90. The molecule has 126 valence electrons. The van der Waals surface area contributed by atoms with Gasteiger partial charge in [0.05, 0.1) is 12.5 Å². The molecule has 0 radical (unpaired) electrons. The van der Waals surface area contributed by atoms with Crippen LogP contribution in [0, 0.1) is 17.8 Å². The zero-order valence-electron chi connectivity index (χ0n) is 14.0. The summed E-state index contributed by atoms with van der Waals surface area (Å²) in [5.41, 5.74) is 0.546. The molecule has 0 aromatic heterocycles. The topological polar surface area (TPSA) is 66.8 Å². The first-order valence-corrected chi connectivity index (χ1v) is 8.11. The monoisotopic (exact) mass is 319 g/mol. The lowest BCUT2D eigenvalue weighted by molar-refractivity contribution is -0.143. The van der Waals surface area contributed by atoms with Crippen LogP contribution in [0.1, 0.15) is 37.6 Å². The number of ether oxygens (including phenoxy) is 1. The molecule has 1 aromatic rings. The van der Waals surface area contributed by atoms with E-state index in [1.807, 2.05) is 13.0 Å². The second-order valence-electron chi connectivity index (χ2n) is 6.82. The zero-order valence-corrected chi connectivity index (χ0v) is 14.0. The smallest absolute Gasteiger partial charge is 0.308 e. The summed E-state index contributed by atoms with van der Waals surface area (Å²) in [6, 6.07) is 7.11. The third-order valence-electron chi connectivity index (χ3n) is 3.96. The summed E-state index contributed by atoms with van der Waals surface area (Å²) < 4.78 is 5.66. The Labute approximate surface area is 137 Å². The molecular weight excluding hydrogens is 294 g/mol. The van der Waals surface area contributed by atoms with Gasteiger partial charge in [-0.1, -0.05) is 26.8 Å². The molecule has 1 saturated heterocycles. The number of carboxylic acids is 1. The highest BCUT2D eigenvalue weighted by Crippen LogP contribution is 2.24. The van der Waals surface area contributed by atoms with Crippen molar-refractivity contribution in [1.82, 2.24) is 4.90 Å². The average molecular weight is 319 g/mol. The van der Waals surface area contributed by atoms with Gasteiger partial charge in [-0.2, -0.15) is 0 Å². The molecule has 2 atom stereocenters. The summed E-state index contributed by atoms with van der Waals surface area (Å²) >= 11 is 0. The van der Waals surface area contributed by atoms with E-state index in [2.05, 4.69) is 13.8 Å². The fourth-order valence-corrected chi connectivity index (χ4v) is 2.86. The third kappa shape index (κ3) is 4.71. The molecule has 23 heavy (non-hydrogen) atoms. The van der Waals surface area contributed by atoms with Crippen LogP contribution in [0.2, 0.25) is 0 Å². The highest BCUT2D eigenvalue weighted by molar-refractivity contribution is 5.95. The minimum absolute atomic E-state index is 0.127. The molecule has 2 rings (SSSR count). The predicted molar refractivity (Wildman–Crippen MR) is 87.6 cm³/mol. The standard InChI is InChI=1S/C18H25NO4/c1-12(2)11-23-16-6-4-5-14(8-16)17(20)19-9-13(3)7-15(10-19)18(21)22/h4-6,8,12-13,15H,7,9-11H2,1-3H3,(H,21,22). The zero-order chi connectivity index (χ0) is 17.0. The van der Waals surface area contributed by atoms with Crippen LogP contribution in [0.4, 0.5) is 0 Å². The highest BCUT2D eigenvalue weighted by Gasteiger charge is 2.32. The Morgan fingerprint density at radius 3 is 2.74 bits per heavy atom. The van der Waals surface area contributed by atoms with Gasteiger partial charge in [0.2, 0.25) is 0 Å². The van der Waals surface area contributed by atoms with Gasteiger partial charge in [-0.05, 0) is 36.5 Å². The maximum absolute atomic E-state index is 12.7. The van der Waals surface area contributed by atoms with Gasteiger partial charge in [-0.3, -0.25) is 9.59 Å². The van der Waals surface area contributed by atoms with Crippen LogP contribution in [-0.4, -0.2) is 41.6 Å². The van der Waals surface area contributed by atoms with E-state index >= 15 is 0 Å². The number of nitrogens with zero attached hydrogens (tertiary/aromatic N) is 1. The van der Waals surface area contributed by atoms with Gasteiger partial charge in [-0.15, -0.1) is 0 Å². The van der Waals surface area contributed by atoms with Gasteiger partial charge >= 0.3 is 5.97 Å². The third-order valence-corrected chi connectivity index (χ3v) is 3.96. The molecule has 1 fully saturated rings. The van der Waals surface area contributed by atoms with Crippen molar-refractivity contribution in [2.45, 2.75) is 27.2 Å². The first kappa shape index (κ1) is 17.3. The van der Waals surface area contributed by atoms with Crippen molar-refractivity contribution in [3.05, 3.63) is 29.8 Å². The van der Waals surface area contributed by atoms with Crippen molar-refractivity contribution in [3.8, 4) is 5.75 Å². The Bertz CT molecular complexity index is 570. The molecule has 5 nitrogen and oxygen atoms in total. The van der Waals surface area contributed by atoms with Gasteiger partial charge < -0.3 is 14.7 Å². The van der Waals surface area contributed by atoms with Crippen LogP contribution in [0.5, 0.6) is 5.75 Å². The van der Waals surface area contributed by atoms with Gasteiger partial charge in [-0.25, -0.2) is 0 Å². The molecule has 1 N–H and O–H groups in total. The summed E-state index contributed by atoms with van der Waals surface area (Å²) in [4.78, 5) is 25.6. The largest absolute Gasteiger partial charge is 0.493 e. The molecule has 1 aliphatic rings. The van der Waals surface area contributed by atoms with Crippen molar-refractivity contribution in [2.24, 2.45) is 17.8 Å². The van der Waals surface area contributed by atoms with Gasteiger partial charge in [0.1, 0.15) is 5.75 Å². The molecule has 2 unspecified atom stereocenters. The molecule has 1 amide bonds. The Balaban J connectivity index is 2.10. The van der Waals surface area contributed by atoms with Gasteiger partial charge in [0.15, 0.2) is 0 Å². The van der Waals surface area contributed by atoms with Crippen molar-refractivity contribution in [1.29, 1.82) is 0 Å². The SMILES string of the molecule is CC(C)COc1cccc(C(=O)N2CC(C)CC(C(=O)O)C2)c1. The Morgan fingerprint density at radius 1 is 1.35 bits per heavy atom. The summed E-state index contributed by atoms with van der Waals surface area (Å²) in [5, 5.41) is 9.23. The number of benzene rings is 1. The van der Waals surface area contributed by atoms with E-state index in [0.717, 1.165) is 0 Å². The van der Waals surface area contributed by atoms with E-state index in [1.54, 1.807) is 23.1 Å². The fraction of sp³-hybridized carbons (Fsp3) is 0.556. The maximum Gasteiger partial charge on any atom is 0.308 e. The molecule has 1 heterocycles. The normalized spacial score (nSPS) is 21.3. The van der Waals surface area contributed by atoms with E-state index in [4.69, 9.17) is 4.74 Å². The van der Waals surface area contributed by atoms with Crippen LogP contribution >= 0.6 is 0 Å². The number of hydrogen-bond donors (Lipinski definition) is 1. The lowest BCUT2D eigenvalue weighted by Crippen LogP contribution is -2.45. The van der Waals surface area contributed by atoms with Crippen molar-refractivity contribution in [3.63, 3.8) is 0 Å². The summed E-state index contributed by atoms with van der Waals surface area (Å²) in [6.45, 7) is 7.58. The number of carbonyl (C=O) groups is 2. The van der Waals surface area contributed by atoms with E-state index in [0.29, 0.717) is 36.8 Å². The first-order chi connectivity index (χ1) is 10.9. The molecule has 1 aromatic carbocycles. The summed E-state index contributed by atoms with van der Waals surface area (Å²) in [5.74, 6) is -0.170. The Morgan fingerprint density at radius 2 is 2.09 bits per heavy atom. The van der Waals surface area contributed by atoms with E-state index in [-0.39, 0.29) is 18.4 Å².